The Balaban J connectivity index is 1.87. The van der Waals surface area contributed by atoms with Gasteiger partial charge in [-0.1, -0.05) is 6.07 Å². The van der Waals surface area contributed by atoms with Gasteiger partial charge in [0.15, 0.2) is 5.65 Å². The number of aromatic nitrogens is 3. The second-order valence-corrected chi connectivity index (χ2v) is 4.61. The van der Waals surface area contributed by atoms with Crippen LogP contribution in [0.5, 0.6) is 0 Å². The Labute approximate surface area is 129 Å². The molecule has 8 nitrogen and oxygen atoms in total. The maximum Gasteiger partial charge on any atom is 0.270 e. The van der Waals surface area contributed by atoms with Crippen molar-refractivity contribution < 1.29 is 14.0 Å². The van der Waals surface area contributed by atoms with Crippen LogP contribution in [-0.2, 0) is 0 Å². The zero-order valence-electron chi connectivity index (χ0n) is 11.7. The van der Waals surface area contributed by atoms with Crippen molar-refractivity contribution in [2.45, 2.75) is 0 Å². The van der Waals surface area contributed by atoms with Crippen LogP contribution >= 0.6 is 0 Å². The van der Waals surface area contributed by atoms with Crippen LogP contribution in [0.25, 0.3) is 5.65 Å². The van der Waals surface area contributed by atoms with E-state index < -0.39 is 17.6 Å². The van der Waals surface area contributed by atoms with Gasteiger partial charge in [-0.3, -0.25) is 15.0 Å². The second-order valence-electron chi connectivity index (χ2n) is 4.61. The first-order chi connectivity index (χ1) is 11.1. The zero-order chi connectivity index (χ0) is 16.4. The van der Waals surface area contributed by atoms with E-state index in [4.69, 9.17) is 5.84 Å². The Morgan fingerprint density at radius 3 is 2.78 bits per heavy atom. The number of nitrogens with one attached hydrogen (secondary N) is 2. The smallest absolute Gasteiger partial charge is 0.270 e. The van der Waals surface area contributed by atoms with Gasteiger partial charge >= 0.3 is 0 Å². The lowest BCUT2D eigenvalue weighted by Gasteiger charge is -2.05. The largest absolute Gasteiger partial charge is 0.319 e. The zero-order valence-corrected chi connectivity index (χ0v) is 11.7. The Morgan fingerprint density at radius 2 is 2.04 bits per heavy atom. The summed E-state index contributed by atoms with van der Waals surface area (Å²) in [6.07, 6.45) is 4.15. The van der Waals surface area contributed by atoms with Crippen molar-refractivity contribution in [2.24, 2.45) is 5.84 Å². The maximum atomic E-state index is 13.1. The van der Waals surface area contributed by atoms with E-state index in [0.29, 0.717) is 5.69 Å². The lowest BCUT2D eigenvalue weighted by Crippen LogP contribution is -2.29. The van der Waals surface area contributed by atoms with Crippen LogP contribution in [0.1, 0.15) is 20.7 Å². The Kier molecular flexibility index (Phi) is 3.69. The molecule has 0 aliphatic heterocycles. The molecule has 0 aliphatic rings. The summed E-state index contributed by atoms with van der Waals surface area (Å²) in [7, 11) is 0. The molecule has 0 saturated heterocycles. The third-order valence-corrected chi connectivity index (χ3v) is 3.08. The summed E-state index contributed by atoms with van der Waals surface area (Å²) in [5, 5.41) is 6.54. The molecular weight excluding hydrogens is 303 g/mol. The van der Waals surface area contributed by atoms with Crippen LogP contribution in [0, 0.1) is 5.82 Å². The lowest BCUT2D eigenvalue weighted by atomic mass is 10.2. The topological polar surface area (TPSA) is 114 Å². The molecule has 2 aromatic heterocycles. The molecule has 0 radical (unpaired) electrons. The van der Waals surface area contributed by atoms with E-state index in [2.05, 4.69) is 15.4 Å². The first-order valence-electron chi connectivity index (χ1n) is 6.50. The van der Waals surface area contributed by atoms with E-state index >= 15 is 0 Å². The fourth-order valence-electron chi connectivity index (χ4n) is 2.01. The van der Waals surface area contributed by atoms with Crippen molar-refractivity contribution >= 4 is 23.1 Å². The summed E-state index contributed by atoms with van der Waals surface area (Å²) >= 11 is 0. The highest BCUT2D eigenvalue weighted by molar-refractivity contribution is 6.04. The molecule has 23 heavy (non-hydrogen) atoms. The average Bonchev–Trinajstić information content (AvgIpc) is 2.97. The molecule has 0 aliphatic carbocycles. The van der Waals surface area contributed by atoms with Gasteiger partial charge in [0.1, 0.15) is 11.4 Å². The minimum Gasteiger partial charge on any atom is -0.319 e. The minimum atomic E-state index is -0.524. The number of rotatable bonds is 3. The number of fused-ring (bicyclic) bond motifs is 1. The molecule has 2 heterocycles. The van der Waals surface area contributed by atoms with E-state index in [-0.39, 0.29) is 16.8 Å². The van der Waals surface area contributed by atoms with Gasteiger partial charge in [0, 0.05) is 5.56 Å². The van der Waals surface area contributed by atoms with Crippen LogP contribution in [0.2, 0.25) is 0 Å². The number of hydrogen-bond donors (Lipinski definition) is 3. The lowest BCUT2D eigenvalue weighted by molar-refractivity contribution is 0.0954. The normalized spacial score (nSPS) is 10.5. The van der Waals surface area contributed by atoms with Gasteiger partial charge in [0.2, 0.25) is 0 Å². The number of halogens is 1. The molecule has 4 N–H and O–H groups in total. The number of hydrogen-bond acceptors (Lipinski definition) is 5. The molecule has 9 heteroatoms. The van der Waals surface area contributed by atoms with E-state index in [9.17, 15) is 14.0 Å². The highest BCUT2D eigenvalue weighted by atomic mass is 19.1. The third kappa shape index (κ3) is 2.85. The SMILES string of the molecule is NNC(=O)c1cnn2cc(NC(=O)c3cccc(F)c3)cnc12. The fourth-order valence-corrected chi connectivity index (χ4v) is 2.01. The number of carbonyl (C=O) groups is 2. The Bertz CT molecular complexity index is 907. The molecule has 0 saturated carbocycles. The van der Waals surface area contributed by atoms with Crippen molar-refractivity contribution in [1.29, 1.82) is 0 Å². The summed E-state index contributed by atoms with van der Waals surface area (Å²) in [5.41, 5.74) is 3.01. The molecule has 3 rings (SSSR count). The Hall–Kier alpha value is -3.33. The molecular formula is C14H11FN6O2. The van der Waals surface area contributed by atoms with Crippen molar-refractivity contribution in [1.82, 2.24) is 20.0 Å². The number of carbonyl (C=O) groups excluding carboxylic acids is 2. The average molecular weight is 314 g/mol. The van der Waals surface area contributed by atoms with Crippen molar-refractivity contribution in [3.8, 4) is 0 Å². The number of anilines is 1. The predicted octanol–water partition coefficient (Wildman–Crippen LogP) is 0.724. The standard InChI is InChI=1S/C14H11FN6O2/c15-9-3-1-2-8(4-9)13(22)19-10-5-17-12-11(14(23)20-16)6-18-21(12)7-10/h1-7H,16H2,(H,19,22)(H,20,23). The van der Waals surface area contributed by atoms with Crippen molar-refractivity contribution in [3.05, 3.63) is 59.8 Å². The molecule has 116 valence electrons. The highest BCUT2D eigenvalue weighted by Crippen LogP contribution is 2.13. The fraction of sp³-hybridized carbons (Fsp3) is 0. The molecule has 0 bridgehead atoms. The van der Waals surface area contributed by atoms with Crippen LogP contribution in [0.4, 0.5) is 10.1 Å². The number of hydrazine groups is 1. The van der Waals surface area contributed by atoms with Gasteiger partial charge in [-0.25, -0.2) is 19.7 Å². The quantitative estimate of drug-likeness (QED) is 0.374. The molecule has 0 spiro atoms. The first kappa shape index (κ1) is 14.6. The minimum absolute atomic E-state index is 0.175. The molecule has 0 unspecified atom stereocenters. The van der Waals surface area contributed by atoms with Crippen molar-refractivity contribution in [3.63, 3.8) is 0 Å². The highest BCUT2D eigenvalue weighted by Gasteiger charge is 2.14. The van der Waals surface area contributed by atoms with E-state index in [0.717, 1.165) is 6.07 Å². The first-order valence-corrected chi connectivity index (χ1v) is 6.50. The summed E-state index contributed by atoms with van der Waals surface area (Å²) in [6.45, 7) is 0. The summed E-state index contributed by atoms with van der Waals surface area (Å²) < 4.78 is 14.5. The van der Waals surface area contributed by atoms with Gasteiger partial charge in [-0.05, 0) is 18.2 Å². The molecule has 0 atom stereocenters. The summed E-state index contributed by atoms with van der Waals surface area (Å²) in [6, 6.07) is 5.30. The summed E-state index contributed by atoms with van der Waals surface area (Å²) in [4.78, 5) is 27.6. The number of benzene rings is 1. The number of amides is 2. The molecule has 3 aromatic rings. The third-order valence-electron chi connectivity index (χ3n) is 3.08. The van der Waals surface area contributed by atoms with E-state index in [1.54, 1.807) is 0 Å². The molecule has 2 amide bonds. The van der Waals surface area contributed by atoms with Gasteiger partial charge in [-0.15, -0.1) is 0 Å². The molecule has 0 fully saturated rings. The number of nitrogen functional groups attached to an aromatic ring is 1. The van der Waals surface area contributed by atoms with Crippen LogP contribution in [0.15, 0.2) is 42.9 Å². The maximum absolute atomic E-state index is 13.1. The van der Waals surface area contributed by atoms with Gasteiger partial charge < -0.3 is 5.32 Å². The van der Waals surface area contributed by atoms with Gasteiger partial charge in [-0.2, -0.15) is 5.10 Å². The van der Waals surface area contributed by atoms with Crippen LogP contribution < -0.4 is 16.6 Å². The summed E-state index contributed by atoms with van der Waals surface area (Å²) in [5.74, 6) is 3.56. The van der Waals surface area contributed by atoms with Gasteiger partial charge in [0.25, 0.3) is 11.8 Å². The second kappa shape index (κ2) is 5.81. The number of nitrogens with two attached hydrogens (primary N) is 1. The predicted molar refractivity (Wildman–Crippen MR) is 79.0 cm³/mol. The molecule has 1 aromatic carbocycles. The monoisotopic (exact) mass is 314 g/mol. The van der Waals surface area contributed by atoms with Crippen LogP contribution in [0.3, 0.4) is 0 Å². The Morgan fingerprint density at radius 1 is 1.22 bits per heavy atom. The van der Waals surface area contributed by atoms with Crippen LogP contribution in [-0.4, -0.2) is 26.4 Å². The van der Waals surface area contributed by atoms with E-state index in [1.165, 1.54) is 41.3 Å². The number of nitrogens with zero attached hydrogens (tertiary/aromatic N) is 3. The van der Waals surface area contributed by atoms with Crippen molar-refractivity contribution in [2.75, 3.05) is 5.32 Å². The van der Waals surface area contributed by atoms with Gasteiger partial charge in [0.05, 0.1) is 24.3 Å². The van der Waals surface area contributed by atoms with E-state index in [1.807, 2.05) is 5.43 Å².